The van der Waals surface area contributed by atoms with Crippen LogP contribution in [0.25, 0.3) is 11.5 Å². The fourth-order valence-corrected chi connectivity index (χ4v) is 2.40. The van der Waals surface area contributed by atoms with Crippen LogP contribution >= 0.6 is 11.6 Å². The lowest BCUT2D eigenvalue weighted by molar-refractivity contribution is 0.546. The molecule has 3 aromatic heterocycles. The summed E-state index contributed by atoms with van der Waals surface area (Å²) >= 11 is 5.80. The molecule has 0 aliphatic rings. The maximum Gasteiger partial charge on any atom is 0.222 e. The number of nitrogen functional groups attached to an aromatic ring is 2. The number of hydrogen-bond acceptors (Lipinski definition) is 7. The monoisotopic (exact) mass is 374 g/mol. The van der Waals surface area contributed by atoms with Crippen LogP contribution in [0, 0.1) is 6.92 Å². The van der Waals surface area contributed by atoms with Crippen molar-refractivity contribution < 1.29 is 4.42 Å². The average Bonchev–Trinajstić information content (AvgIpc) is 3.10. The molecule has 0 aromatic carbocycles. The Morgan fingerprint density at radius 1 is 1.04 bits per heavy atom. The van der Waals surface area contributed by atoms with Gasteiger partial charge >= 0.3 is 0 Å². The van der Waals surface area contributed by atoms with Crippen molar-refractivity contribution in [3.05, 3.63) is 47.5 Å². The van der Waals surface area contributed by atoms with Crippen molar-refractivity contribution in [2.75, 3.05) is 16.8 Å². The first-order valence-electron chi connectivity index (χ1n) is 8.31. The highest BCUT2D eigenvalue weighted by Gasteiger charge is 2.15. The van der Waals surface area contributed by atoms with Crippen LogP contribution in [-0.2, 0) is 12.4 Å². The normalized spacial score (nSPS) is 10.2. The van der Waals surface area contributed by atoms with Gasteiger partial charge in [-0.1, -0.05) is 19.9 Å². The topological polar surface area (TPSA) is 116 Å². The van der Waals surface area contributed by atoms with Gasteiger partial charge in [-0.15, -0.1) is 11.6 Å². The minimum absolute atomic E-state index is 0.109. The van der Waals surface area contributed by atoms with E-state index in [2.05, 4.69) is 20.3 Å². The van der Waals surface area contributed by atoms with Crippen LogP contribution in [0.15, 0.2) is 34.7 Å². The van der Waals surface area contributed by atoms with Gasteiger partial charge in [0.2, 0.25) is 5.95 Å². The van der Waals surface area contributed by atoms with Gasteiger partial charge in [0, 0.05) is 0 Å². The second-order valence-electron chi connectivity index (χ2n) is 5.21. The Hall–Kier alpha value is -2.80. The molecule has 0 saturated carbocycles. The third kappa shape index (κ3) is 4.64. The van der Waals surface area contributed by atoms with Crippen LogP contribution in [0.1, 0.15) is 31.0 Å². The number of pyridine rings is 1. The molecule has 138 valence electrons. The maximum atomic E-state index is 6.17. The third-order valence-corrected chi connectivity index (χ3v) is 3.65. The predicted molar refractivity (Wildman–Crippen MR) is 106 cm³/mol. The first-order chi connectivity index (χ1) is 12.6. The Morgan fingerprint density at radius 3 is 2.42 bits per heavy atom. The molecule has 0 saturated heterocycles. The van der Waals surface area contributed by atoms with Gasteiger partial charge in [-0.25, -0.2) is 4.98 Å². The maximum absolute atomic E-state index is 6.17. The molecule has 0 fully saturated rings. The number of halogens is 1. The SMILES string of the molecule is CC.Cc1ccc(-c2nc(N)nc(NCc3cccc(CCl)n3)c2N)o1. The van der Waals surface area contributed by atoms with Gasteiger partial charge in [0.1, 0.15) is 17.1 Å². The molecule has 0 bridgehead atoms. The van der Waals surface area contributed by atoms with E-state index in [0.717, 1.165) is 17.1 Å². The summed E-state index contributed by atoms with van der Waals surface area (Å²) in [6.45, 7) is 6.28. The van der Waals surface area contributed by atoms with Gasteiger partial charge in [0.05, 0.1) is 23.8 Å². The zero-order valence-corrected chi connectivity index (χ0v) is 15.8. The van der Waals surface area contributed by atoms with E-state index in [1.165, 1.54) is 0 Å². The Balaban J connectivity index is 0.00000117. The Bertz CT molecular complexity index is 865. The van der Waals surface area contributed by atoms with E-state index in [-0.39, 0.29) is 5.95 Å². The first-order valence-corrected chi connectivity index (χ1v) is 8.84. The van der Waals surface area contributed by atoms with Crippen LogP contribution in [-0.4, -0.2) is 15.0 Å². The third-order valence-electron chi connectivity index (χ3n) is 3.38. The van der Waals surface area contributed by atoms with E-state index in [4.69, 9.17) is 27.5 Å². The van der Waals surface area contributed by atoms with Crippen LogP contribution < -0.4 is 16.8 Å². The van der Waals surface area contributed by atoms with Gasteiger partial charge in [0.15, 0.2) is 11.6 Å². The largest absolute Gasteiger partial charge is 0.460 e. The van der Waals surface area contributed by atoms with Crippen molar-refractivity contribution in [1.29, 1.82) is 0 Å². The summed E-state index contributed by atoms with van der Waals surface area (Å²) in [4.78, 5) is 12.7. The molecule has 0 radical (unpaired) electrons. The number of nitrogens with two attached hydrogens (primary N) is 2. The number of nitrogens with zero attached hydrogens (tertiary/aromatic N) is 3. The molecule has 26 heavy (non-hydrogen) atoms. The fraction of sp³-hybridized carbons (Fsp3) is 0.278. The van der Waals surface area contributed by atoms with Crippen molar-refractivity contribution in [2.24, 2.45) is 0 Å². The number of furan rings is 1. The lowest BCUT2D eigenvalue weighted by Gasteiger charge is -2.11. The number of aromatic nitrogens is 3. The summed E-state index contributed by atoms with van der Waals surface area (Å²) in [6.07, 6.45) is 0. The summed E-state index contributed by atoms with van der Waals surface area (Å²) < 4.78 is 5.57. The molecule has 3 aromatic rings. The molecular formula is C18H23ClN6O. The highest BCUT2D eigenvalue weighted by atomic mass is 35.5. The van der Waals surface area contributed by atoms with Crippen molar-refractivity contribution in [3.63, 3.8) is 0 Å². The molecule has 0 spiro atoms. The van der Waals surface area contributed by atoms with E-state index in [1.54, 1.807) is 6.07 Å². The summed E-state index contributed by atoms with van der Waals surface area (Å²) in [7, 11) is 0. The summed E-state index contributed by atoms with van der Waals surface area (Å²) in [5, 5.41) is 3.13. The zero-order valence-electron chi connectivity index (χ0n) is 15.1. The second-order valence-corrected chi connectivity index (χ2v) is 5.48. The van der Waals surface area contributed by atoms with Crippen LogP contribution in [0.2, 0.25) is 0 Å². The number of hydrogen-bond donors (Lipinski definition) is 3. The molecule has 3 heterocycles. The van der Waals surface area contributed by atoms with E-state index in [9.17, 15) is 0 Å². The minimum Gasteiger partial charge on any atom is -0.460 e. The van der Waals surface area contributed by atoms with Crippen LogP contribution in [0.3, 0.4) is 0 Å². The average molecular weight is 375 g/mol. The lowest BCUT2D eigenvalue weighted by Crippen LogP contribution is -2.10. The van der Waals surface area contributed by atoms with E-state index >= 15 is 0 Å². The zero-order chi connectivity index (χ0) is 19.1. The Morgan fingerprint density at radius 2 is 1.77 bits per heavy atom. The molecule has 8 heteroatoms. The molecular weight excluding hydrogens is 352 g/mol. The van der Waals surface area contributed by atoms with Gasteiger partial charge < -0.3 is 21.2 Å². The molecule has 0 aliphatic carbocycles. The molecule has 0 aliphatic heterocycles. The van der Waals surface area contributed by atoms with E-state index in [1.807, 2.05) is 45.0 Å². The Labute approximate surface area is 157 Å². The van der Waals surface area contributed by atoms with Crippen LogP contribution in [0.5, 0.6) is 0 Å². The summed E-state index contributed by atoms with van der Waals surface area (Å²) in [6, 6.07) is 9.28. The molecule has 0 atom stereocenters. The number of aryl methyl sites for hydroxylation is 1. The van der Waals surface area contributed by atoms with Crippen molar-refractivity contribution in [1.82, 2.24) is 15.0 Å². The molecule has 7 nitrogen and oxygen atoms in total. The van der Waals surface area contributed by atoms with Gasteiger partial charge in [-0.05, 0) is 31.2 Å². The van der Waals surface area contributed by atoms with Crippen molar-refractivity contribution in [3.8, 4) is 11.5 Å². The van der Waals surface area contributed by atoms with Gasteiger partial charge in [0.25, 0.3) is 0 Å². The number of rotatable bonds is 5. The van der Waals surface area contributed by atoms with Crippen LogP contribution in [0.4, 0.5) is 17.5 Å². The quantitative estimate of drug-likeness (QED) is 0.578. The van der Waals surface area contributed by atoms with Crippen molar-refractivity contribution in [2.45, 2.75) is 33.2 Å². The molecule has 3 rings (SSSR count). The molecule has 0 amide bonds. The number of anilines is 3. The molecule has 0 unspecified atom stereocenters. The highest BCUT2D eigenvalue weighted by Crippen LogP contribution is 2.30. The van der Waals surface area contributed by atoms with Crippen molar-refractivity contribution >= 4 is 29.1 Å². The summed E-state index contributed by atoms with van der Waals surface area (Å²) in [5.41, 5.74) is 14.4. The highest BCUT2D eigenvalue weighted by molar-refractivity contribution is 6.16. The lowest BCUT2D eigenvalue weighted by atomic mass is 10.2. The van der Waals surface area contributed by atoms with Gasteiger partial charge in [-0.2, -0.15) is 4.98 Å². The predicted octanol–water partition coefficient (Wildman–Crippen LogP) is 3.98. The van der Waals surface area contributed by atoms with E-state index in [0.29, 0.717) is 35.4 Å². The minimum atomic E-state index is 0.109. The van der Waals surface area contributed by atoms with Gasteiger partial charge in [-0.3, -0.25) is 4.98 Å². The fourth-order valence-electron chi connectivity index (χ4n) is 2.25. The second kappa shape index (κ2) is 9.05. The number of nitrogens with one attached hydrogen (secondary N) is 1. The Kier molecular flexibility index (Phi) is 6.80. The standard InChI is InChI=1S/C16H17ClN6O.C2H6/c1-9-5-6-12(24-9)14-13(18)15(23-16(19)22-14)20-8-11-4-2-3-10(7-17)21-11;1-2/h2-6H,7-8,18H2,1H3,(H3,19,20,22,23);1-2H3. The summed E-state index contributed by atoms with van der Waals surface area (Å²) in [5.74, 6) is 2.21. The van der Waals surface area contributed by atoms with E-state index < -0.39 is 0 Å². The molecule has 5 N–H and O–H groups in total. The smallest absolute Gasteiger partial charge is 0.222 e. The first kappa shape index (κ1) is 19.5. The number of alkyl halides is 1.